The number of aryl methyl sites for hydroxylation is 2. The van der Waals surface area contributed by atoms with Gasteiger partial charge < -0.3 is 4.90 Å². The van der Waals surface area contributed by atoms with Crippen LogP contribution in [0.25, 0.3) is 0 Å². The number of hydrogen-bond donors (Lipinski definition) is 0. The molecule has 0 aliphatic carbocycles. The number of likely N-dealkylation sites (tertiary alicyclic amines) is 1. The second-order valence-electron chi connectivity index (χ2n) is 7.10. The van der Waals surface area contributed by atoms with Gasteiger partial charge in [0, 0.05) is 32.3 Å². The van der Waals surface area contributed by atoms with E-state index in [0.29, 0.717) is 36.7 Å². The number of nitrogens with zero attached hydrogens (tertiary/aromatic N) is 3. The summed E-state index contributed by atoms with van der Waals surface area (Å²) < 4.78 is 27.7. The normalized spacial score (nSPS) is 15.1. The lowest BCUT2D eigenvalue weighted by Crippen LogP contribution is -2.39. The van der Waals surface area contributed by atoms with Crippen LogP contribution in [0.15, 0.2) is 35.1 Å². The molecule has 5 nitrogen and oxygen atoms in total. The molecule has 1 aromatic heterocycles. The van der Waals surface area contributed by atoms with Gasteiger partial charge in [-0.3, -0.25) is 9.59 Å². The summed E-state index contributed by atoms with van der Waals surface area (Å²) in [4.78, 5) is 25.6. The van der Waals surface area contributed by atoms with Crippen LogP contribution in [0.2, 0.25) is 0 Å². The van der Waals surface area contributed by atoms with E-state index in [1.165, 1.54) is 22.9 Å². The van der Waals surface area contributed by atoms with Crippen molar-refractivity contribution in [3.05, 3.63) is 63.6 Å². The van der Waals surface area contributed by atoms with Crippen LogP contribution in [0.1, 0.15) is 30.5 Å². The van der Waals surface area contributed by atoms with Crippen LogP contribution >= 0.6 is 0 Å². The quantitative estimate of drug-likeness (QED) is 0.807. The SMILES string of the molecule is Cn1nc(CC(=O)N2CCC(CCc3cc(F)cc(F)c3)CC2)ccc1=O. The highest BCUT2D eigenvalue weighted by Gasteiger charge is 2.23. The van der Waals surface area contributed by atoms with Gasteiger partial charge >= 0.3 is 0 Å². The molecule has 0 spiro atoms. The Hall–Kier alpha value is -2.57. The monoisotopic (exact) mass is 375 g/mol. The Morgan fingerprint density at radius 1 is 1.15 bits per heavy atom. The zero-order valence-corrected chi connectivity index (χ0v) is 15.3. The minimum absolute atomic E-state index is 0.00630. The van der Waals surface area contributed by atoms with E-state index in [2.05, 4.69) is 5.10 Å². The summed E-state index contributed by atoms with van der Waals surface area (Å²) in [6.07, 6.45) is 3.43. The molecule has 1 saturated heterocycles. The molecule has 0 radical (unpaired) electrons. The standard InChI is InChI=1S/C20H23F2N3O2/c1-24-19(26)5-4-18(23-24)13-20(27)25-8-6-14(7-9-25)2-3-15-10-16(21)12-17(22)11-15/h4-5,10-12,14H,2-3,6-9,13H2,1H3. The van der Waals surface area contributed by atoms with Crippen molar-refractivity contribution in [1.82, 2.24) is 14.7 Å². The summed E-state index contributed by atoms with van der Waals surface area (Å²) in [7, 11) is 1.56. The molecule has 3 rings (SSSR count). The Bertz CT molecular complexity index is 854. The number of hydrogen-bond acceptors (Lipinski definition) is 3. The maximum Gasteiger partial charge on any atom is 0.266 e. The lowest BCUT2D eigenvalue weighted by Gasteiger charge is -2.32. The van der Waals surface area contributed by atoms with Crippen molar-refractivity contribution in [2.45, 2.75) is 32.1 Å². The number of halogens is 2. The maximum atomic E-state index is 13.3. The van der Waals surface area contributed by atoms with E-state index in [-0.39, 0.29) is 17.9 Å². The van der Waals surface area contributed by atoms with Gasteiger partial charge in [-0.05, 0) is 55.4 Å². The molecule has 0 unspecified atom stereocenters. The fourth-order valence-electron chi connectivity index (χ4n) is 3.51. The molecule has 27 heavy (non-hydrogen) atoms. The third kappa shape index (κ3) is 5.21. The van der Waals surface area contributed by atoms with E-state index in [1.807, 2.05) is 4.90 Å². The van der Waals surface area contributed by atoms with Crippen LogP contribution in [-0.4, -0.2) is 33.7 Å². The highest BCUT2D eigenvalue weighted by Crippen LogP contribution is 2.23. The van der Waals surface area contributed by atoms with Gasteiger partial charge in [0.15, 0.2) is 0 Å². The Balaban J connectivity index is 1.47. The van der Waals surface area contributed by atoms with Crippen molar-refractivity contribution >= 4 is 5.91 Å². The summed E-state index contributed by atoms with van der Waals surface area (Å²) in [6, 6.07) is 6.64. The zero-order chi connectivity index (χ0) is 19.4. The van der Waals surface area contributed by atoms with Crippen LogP contribution in [0.5, 0.6) is 0 Å². The van der Waals surface area contributed by atoms with Crippen molar-refractivity contribution in [3.63, 3.8) is 0 Å². The first-order valence-electron chi connectivity index (χ1n) is 9.16. The summed E-state index contributed by atoms with van der Waals surface area (Å²) in [5.74, 6) is -0.641. The summed E-state index contributed by atoms with van der Waals surface area (Å²) in [6.45, 7) is 1.35. The fraction of sp³-hybridized carbons (Fsp3) is 0.450. The third-order valence-corrected chi connectivity index (χ3v) is 5.08. The van der Waals surface area contributed by atoms with E-state index in [1.54, 1.807) is 13.1 Å². The predicted molar refractivity (Wildman–Crippen MR) is 97.2 cm³/mol. The molecule has 7 heteroatoms. The number of benzene rings is 1. The molecule has 1 aliphatic heterocycles. The first kappa shape index (κ1) is 19.2. The first-order valence-corrected chi connectivity index (χ1v) is 9.16. The smallest absolute Gasteiger partial charge is 0.266 e. The average molecular weight is 375 g/mol. The van der Waals surface area contributed by atoms with Crippen molar-refractivity contribution in [2.75, 3.05) is 13.1 Å². The largest absolute Gasteiger partial charge is 0.342 e. The molecule has 144 valence electrons. The van der Waals surface area contributed by atoms with E-state index >= 15 is 0 Å². The second kappa shape index (κ2) is 8.41. The van der Waals surface area contributed by atoms with E-state index in [0.717, 1.165) is 25.3 Å². The molecule has 1 aliphatic rings. The average Bonchev–Trinajstić information content (AvgIpc) is 2.63. The topological polar surface area (TPSA) is 55.2 Å². The van der Waals surface area contributed by atoms with E-state index < -0.39 is 11.6 Å². The maximum absolute atomic E-state index is 13.3. The van der Waals surface area contributed by atoms with Gasteiger partial charge in [0.05, 0.1) is 12.1 Å². The Kier molecular flexibility index (Phi) is 5.98. The molecule has 1 amide bonds. The van der Waals surface area contributed by atoms with E-state index in [9.17, 15) is 18.4 Å². The lowest BCUT2D eigenvalue weighted by atomic mass is 9.90. The van der Waals surface area contributed by atoms with Crippen molar-refractivity contribution < 1.29 is 13.6 Å². The molecular weight excluding hydrogens is 352 g/mol. The van der Waals surface area contributed by atoms with Gasteiger partial charge in [0.25, 0.3) is 5.56 Å². The Morgan fingerprint density at radius 3 is 2.44 bits per heavy atom. The van der Waals surface area contributed by atoms with Crippen molar-refractivity contribution in [3.8, 4) is 0 Å². The summed E-state index contributed by atoms with van der Waals surface area (Å²) >= 11 is 0. The van der Waals surface area contributed by atoms with Crippen molar-refractivity contribution in [1.29, 1.82) is 0 Å². The van der Waals surface area contributed by atoms with Gasteiger partial charge in [0.2, 0.25) is 5.91 Å². The highest BCUT2D eigenvalue weighted by molar-refractivity contribution is 5.78. The third-order valence-electron chi connectivity index (χ3n) is 5.08. The van der Waals surface area contributed by atoms with Crippen LogP contribution in [-0.2, 0) is 24.7 Å². The van der Waals surface area contributed by atoms with Gasteiger partial charge in [-0.15, -0.1) is 0 Å². The molecule has 0 N–H and O–H groups in total. The van der Waals surface area contributed by atoms with Crippen LogP contribution in [0.3, 0.4) is 0 Å². The fourth-order valence-corrected chi connectivity index (χ4v) is 3.51. The summed E-state index contributed by atoms with van der Waals surface area (Å²) in [5, 5.41) is 4.10. The predicted octanol–water partition coefficient (Wildman–Crippen LogP) is 2.47. The molecule has 1 aromatic carbocycles. The summed E-state index contributed by atoms with van der Waals surface area (Å²) in [5.41, 5.74) is 1.05. The molecule has 0 bridgehead atoms. The first-order chi connectivity index (χ1) is 12.9. The zero-order valence-electron chi connectivity index (χ0n) is 15.3. The molecule has 0 atom stereocenters. The Labute approximate surface area is 156 Å². The van der Waals surface area contributed by atoms with Gasteiger partial charge in [-0.2, -0.15) is 5.10 Å². The number of carbonyl (C=O) groups is 1. The molecule has 2 aromatic rings. The van der Waals surface area contributed by atoms with Gasteiger partial charge in [-0.1, -0.05) is 0 Å². The number of rotatable bonds is 5. The molecule has 0 saturated carbocycles. The van der Waals surface area contributed by atoms with Crippen LogP contribution < -0.4 is 5.56 Å². The number of amides is 1. The number of aromatic nitrogens is 2. The minimum atomic E-state index is -0.544. The molecule has 1 fully saturated rings. The van der Waals surface area contributed by atoms with Crippen molar-refractivity contribution in [2.24, 2.45) is 13.0 Å². The van der Waals surface area contributed by atoms with Crippen LogP contribution in [0.4, 0.5) is 8.78 Å². The Morgan fingerprint density at radius 2 is 1.81 bits per heavy atom. The molecule has 2 heterocycles. The lowest BCUT2D eigenvalue weighted by molar-refractivity contribution is -0.131. The van der Waals surface area contributed by atoms with Gasteiger partial charge in [-0.25, -0.2) is 13.5 Å². The number of piperidine rings is 1. The van der Waals surface area contributed by atoms with E-state index in [4.69, 9.17) is 0 Å². The van der Waals surface area contributed by atoms with Crippen LogP contribution in [0, 0.1) is 17.6 Å². The highest BCUT2D eigenvalue weighted by atomic mass is 19.1. The second-order valence-corrected chi connectivity index (χ2v) is 7.10. The number of carbonyl (C=O) groups excluding carboxylic acids is 1. The molecular formula is C20H23F2N3O2. The van der Waals surface area contributed by atoms with Gasteiger partial charge in [0.1, 0.15) is 11.6 Å². The minimum Gasteiger partial charge on any atom is -0.342 e.